The van der Waals surface area contributed by atoms with Gasteiger partial charge in [0.05, 0.1) is 0 Å². The molecule has 12 heavy (non-hydrogen) atoms. The number of hydrogen-bond donors (Lipinski definition) is 3. The molecule has 3 nitrogen and oxygen atoms in total. The Labute approximate surface area is 76.2 Å². The molecule has 0 saturated heterocycles. The summed E-state index contributed by atoms with van der Waals surface area (Å²) in [5, 5.41) is 12.1. The zero-order valence-electron chi connectivity index (χ0n) is 6.66. The van der Waals surface area contributed by atoms with E-state index in [2.05, 4.69) is 17.5 Å². The Balaban J connectivity index is 2.93. The van der Waals surface area contributed by atoms with Crippen LogP contribution in [0.2, 0.25) is 0 Å². The minimum absolute atomic E-state index is 0.226. The minimum Gasteiger partial charge on any atom is -0.508 e. The van der Waals surface area contributed by atoms with Crippen LogP contribution in [-0.4, -0.2) is 10.2 Å². The van der Waals surface area contributed by atoms with Crippen molar-refractivity contribution in [3.8, 4) is 5.75 Å². The molecule has 0 radical (unpaired) electrons. The first-order valence-corrected chi connectivity index (χ1v) is 3.86. The van der Waals surface area contributed by atoms with Crippen molar-refractivity contribution in [2.45, 2.75) is 6.92 Å². The third kappa shape index (κ3) is 2.10. The minimum atomic E-state index is 0.226. The molecule has 64 valence electrons. The van der Waals surface area contributed by atoms with Gasteiger partial charge in [0.25, 0.3) is 0 Å². The second kappa shape index (κ2) is 3.40. The molecule has 0 amide bonds. The fourth-order valence-electron chi connectivity index (χ4n) is 0.921. The summed E-state index contributed by atoms with van der Waals surface area (Å²) in [5.41, 5.74) is 7.01. The number of nitrogens with one attached hydrogen (secondary N) is 1. The molecule has 4 heteroatoms. The van der Waals surface area contributed by atoms with Gasteiger partial charge in [0.15, 0.2) is 5.11 Å². The zero-order chi connectivity index (χ0) is 9.14. The number of aromatic hydroxyl groups is 1. The van der Waals surface area contributed by atoms with E-state index < -0.39 is 0 Å². The van der Waals surface area contributed by atoms with Gasteiger partial charge in [-0.2, -0.15) is 0 Å². The first-order valence-electron chi connectivity index (χ1n) is 3.45. The van der Waals surface area contributed by atoms with Crippen molar-refractivity contribution in [2.75, 3.05) is 5.32 Å². The molecule has 0 aliphatic carbocycles. The summed E-state index contributed by atoms with van der Waals surface area (Å²) >= 11 is 4.67. The van der Waals surface area contributed by atoms with Gasteiger partial charge in [-0.05, 0) is 42.9 Å². The van der Waals surface area contributed by atoms with E-state index in [1.54, 1.807) is 18.2 Å². The zero-order valence-corrected chi connectivity index (χ0v) is 7.48. The van der Waals surface area contributed by atoms with Crippen LogP contribution in [0.25, 0.3) is 0 Å². The number of rotatable bonds is 1. The number of aryl methyl sites for hydroxylation is 1. The third-order valence-corrected chi connectivity index (χ3v) is 1.57. The molecule has 0 saturated carbocycles. The molecule has 0 aromatic heterocycles. The quantitative estimate of drug-likeness (QED) is 0.453. The monoisotopic (exact) mass is 182 g/mol. The highest BCUT2D eigenvalue weighted by atomic mass is 32.1. The molecule has 0 aliphatic heterocycles. The normalized spacial score (nSPS) is 9.42. The first-order chi connectivity index (χ1) is 5.59. The van der Waals surface area contributed by atoms with E-state index in [0.29, 0.717) is 0 Å². The van der Waals surface area contributed by atoms with Crippen molar-refractivity contribution < 1.29 is 5.11 Å². The number of benzene rings is 1. The largest absolute Gasteiger partial charge is 0.508 e. The van der Waals surface area contributed by atoms with Crippen molar-refractivity contribution in [3.63, 3.8) is 0 Å². The Morgan fingerprint density at radius 2 is 2.25 bits per heavy atom. The summed E-state index contributed by atoms with van der Waals surface area (Å²) in [5.74, 6) is 0.237. The smallest absolute Gasteiger partial charge is 0.168 e. The lowest BCUT2D eigenvalue weighted by molar-refractivity contribution is 0.475. The van der Waals surface area contributed by atoms with Gasteiger partial charge < -0.3 is 16.2 Å². The Morgan fingerprint density at radius 3 is 2.75 bits per heavy atom. The average molecular weight is 182 g/mol. The van der Waals surface area contributed by atoms with Gasteiger partial charge in [0, 0.05) is 5.69 Å². The van der Waals surface area contributed by atoms with Crippen LogP contribution in [0.4, 0.5) is 5.69 Å². The lowest BCUT2D eigenvalue weighted by Gasteiger charge is -2.06. The lowest BCUT2D eigenvalue weighted by atomic mass is 10.2. The molecular formula is C8H10N2OS. The predicted molar refractivity (Wildman–Crippen MR) is 53.3 cm³/mol. The topological polar surface area (TPSA) is 58.3 Å². The van der Waals surface area contributed by atoms with Crippen LogP contribution >= 0.6 is 12.2 Å². The number of nitrogens with two attached hydrogens (primary N) is 1. The summed E-state index contributed by atoms with van der Waals surface area (Å²) < 4.78 is 0. The van der Waals surface area contributed by atoms with E-state index in [4.69, 9.17) is 10.8 Å². The number of hydrogen-bond acceptors (Lipinski definition) is 2. The molecule has 1 aromatic rings. The molecule has 1 aromatic carbocycles. The summed E-state index contributed by atoms with van der Waals surface area (Å²) in [4.78, 5) is 0. The summed E-state index contributed by atoms with van der Waals surface area (Å²) in [6.45, 7) is 1.86. The molecule has 0 fully saturated rings. The molecule has 0 unspecified atom stereocenters. The maximum Gasteiger partial charge on any atom is 0.168 e. The summed E-state index contributed by atoms with van der Waals surface area (Å²) in [6.07, 6.45) is 0. The van der Waals surface area contributed by atoms with Crippen molar-refractivity contribution >= 4 is 23.0 Å². The van der Waals surface area contributed by atoms with Gasteiger partial charge in [-0.25, -0.2) is 0 Å². The van der Waals surface area contributed by atoms with E-state index in [9.17, 15) is 0 Å². The number of thiocarbonyl (C=S) groups is 1. The molecule has 0 aliphatic rings. The molecule has 0 spiro atoms. The standard InChI is InChI=1S/C8H10N2OS/c1-5-4-6(11)2-3-7(5)10-8(9)12/h2-4,11H,1H3,(H3,9,10,12). The molecular weight excluding hydrogens is 172 g/mol. The Bertz CT molecular complexity index is 312. The van der Waals surface area contributed by atoms with Gasteiger partial charge in [-0.1, -0.05) is 0 Å². The van der Waals surface area contributed by atoms with E-state index >= 15 is 0 Å². The van der Waals surface area contributed by atoms with Crippen molar-refractivity contribution in [3.05, 3.63) is 23.8 Å². The van der Waals surface area contributed by atoms with E-state index in [1.165, 1.54) is 0 Å². The van der Waals surface area contributed by atoms with Crippen molar-refractivity contribution in [1.82, 2.24) is 0 Å². The predicted octanol–water partition coefficient (Wildman–Crippen LogP) is 1.36. The van der Waals surface area contributed by atoms with Crippen LogP contribution in [0.15, 0.2) is 18.2 Å². The Morgan fingerprint density at radius 1 is 1.58 bits per heavy atom. The highest BCUT2D eigenvalue weighted by Crippen LogP contribution is 2.19. The highest BCUT2D eigenvalue weighted by molar-refractivity contribution is 7.80. The van der Waals surface area contributed by atoms with Crippen LogP contribution in [0, 0.1) is 6.92 Å². The second-order valence-electron chi connectivity index (χ2n) is 2.49. The second-order valence-corrected chi connectivity index (χ2v) is 2.93. The van der Waals surface area contributed by atoms with Gasteiger partial charge in [-0.15, -0.1) is 0 Å². The highest BCUT2D eigenvalue weighted by Gasteiger charge is 1.98. The van der Waals surface area contributed by atoms with Gasteiger partial charge in [-0.3, -0.25) is 0 Å². The lowest BCUT2D eigenvalue weighted by Crippen LogP contribution is -2.19. The Hall–Kier alpha value is -1.29. The van der Waals surface area contributed by atoms with Crippen molar-refractivity contribution in [1.29, 1.82) is 0 Å². The van der Waals surface area contributed by atoms with Gasteiger partial charge >= 0.3 is 0 Å². The maximum absolute atomic E-state index is 9.08. The van der Waals surface area contributed by atoms with E-state index in [-0.39, 0.29) is 10.9 Å². The van der Waals surface area contributed by atoms with Crippen LogP contribution in [-0.2, 0) is 0 Å². The molecule has 4 N–H and O–H groups in total. The van der Waals surface area contributed by atoms with Gasteiger partial charge in [0.1, 0.15) is 5.75 Å². The number of phenols is 1. The first kappa shape index (κ1) is 8.80. The van der Waals surface area contributed by atoms with Crippen molar-refractivity contribution in [2.24, 2.45) is 5.73 Å². The fourth-order valence-corrected chi connectivity index (χ4v) is 1.03. The Kier molecular flexibility index (Phi) is 2.50. The summed E-state index contributed by atoms with van der Waals surface area (Å²) in [6, 6.07) is 4.94. The fraction of sp³-hybridized carbons (Fsp3) is 0.125. The maximum atomic E-state index is 9.08. The van der Waals surface area contributed by atoms with Crippen LogP contribution in [0.3, 0.4) is 0 Å². The van der Waals surface area contributed by atoms with Gasteiger partial charge in [0.2, 0.25) is 0 Å². The van der Waals surface area contributed by atoms with Crippen LogP contribution in [0.5, 0.6) is 5.75 Å². The third-order valence-electron chi connectivity index (χ3n) is 1.47. The molecule has 0 bridgehead atoms. The summed E-state index contributed by atoms with van der Waals surface area (Å²) in [7, 11) is 0. The average Bonchev–Trinajstić information content (AvgIpc) is 1.94. The van der Waals surface area contributed by atoms with Crippen LogP contribution < -0.4 is 11.1 Å². The van der Waals surface area contributed by atoms with E-state index in [1.807, 2.05) is 6.92 Å². The van der Waals surface area contributed by atoms with Crippen LogP contribution in [0.1, 0.15) is 5.56 Å². The van der Waals surface area contributed by atoms with E-state index in [0.717, 1.165) is 11.3 Å². The SMILES string of the molecule is Cc1cc(O)ccc1NC(N)=S. The number of anilines is 1. The molecule has 0 atom stereocenters. The number of phenolic OH excluding ortho intramolecular Hbond substituents is 1. The molecule has 0 heterocycles. The molecule has 1 rings (SSSR count).